The Morgan fingerprint density at radius 1 is 1.32 bits per heavy atom. The van der Waals surface area contributed by atoms with E-state index in [9.17, 15) is 19.8 Å². The van der Waals surface area contributed by atoms with Crippen LogP contribution in [0.25, 0.3) is 0 Å². The maximum absolute atomic E-state index is 12.2. The first kappa shape index (κ1) is 25.2. The molecular weight excluding hydrogens is 376 g/mol. The van der Waals surface area contributed by atoms with Gasteiger partial charge in [0.25, 0.3) is 0 Å². The topological polar surface area (TPSA) is 83.8 Å². The van der Waals surface area contributed by atoms with E-state index in [0.717, 1.165) is 37.9 Å². The molecule has 1 fully saturated rings. The van der Waals surface area contributed by atoms with Gasteiger partial charge in [0.15, 0.2) is 0 Å². The zero-order valence-corrected chi connectivity index (χ0v) is 18.5. The summed E-state index contributed by atoms with van der Waals surface area (Å²) < 4.78 is 4.62. The number of thioether (sulfide) groups is 1. The molecule has 0 saturated heterocycles. The van der Waals surface area contributed by atoms with Crippen LogP contribution in [0.4, 0.5) is 0 Å². The van der Waals surface area contributed by atoms with Crippen LogP contribution in [0, 0.1) is 11.8 Å². The normalized spacial score (nSPS) is 24.6. The van der Waals surface area contributed by atoms with Gasteiger partial charge < -0.3 is 14.9 Å². The molecule has 6 heteroatoms. The number of esters is 1. The fourth-order valence-corrected chi connectivity index (χ4v) is 4.99. The summed E-state index contributed by atoms with van der Waals surface area (Å²) in [4.78, 5) is 23.3. The summed E-state index contributed by atoms with van der Waals surface area (Å²) >= 11 is 1.59. The van der Waals surface area contributed by atoms with E-state index in [1.807, 2.05) is 6.08 Å². The lowest BCUT2D eigenvalue weighted by molar-refractivity contribution is -0.140. The Bertz CT molecular complexity index is 493. The van der Waals surface area contributed by atoms with Crippen LogP contribution in [0.15, 0.2) is 12.2 Å². The van der Waals surface area contributed by atoms with Crippen molar-refractivity contribution in [2.75, 3.05) is 12.9 Å². The molecule has 0 aromatic rings. The van der Waals surface area contributed by atoms with E-state index in [1.54, 1.807) is 17.8 Å². The van der Waals surface area contributed by atoms with Crippen LogP contribution < -0.4 is 0 Å². The van der Waals surface area contributed by atoms with Crippen molar-refractivity contribution in [3.05, 3.63) is 12.2 Å². The number of methoxy groups -OCH3 is 1. The summed E-state index contributed by atoms with van der Waals surface area (Å²) in [6.07, 6.45) is 9.84. The molecule has 1 rings (SSSR count). The van der Waals surface area contributed by atoms with Gasteiger partial charge in [0.05, 0.1) is 24.6 Å². The van der Waals surface area contributed by atoms with Crippen molar-refractivity contribution in [3.8, 4) is 0 Å². The second kappa shape index (κ2) is 14.2. The molecule has 5 nitrogen and oxygen atoms in total. The van der Waals surface area contributed by atoms with Gasteiger partial charge in [0.2, 0.25) is 0 Å². The van der Waals surface area contributed by atoms with E-state index in [4.69, 9.17) is 0 Å². The molecule has 0 unspecified atom stereocenters. The zero-order chi connectivity index (χ0) is 20.9. The minimum absolute atomic E-state index is 0.0903. The molecular formula is C22H38O5S. The molecule has 0 spiro atoms. The number of rotatable bonds is 14. The molecule has 5 atom stereocenters. The molecule has 0 aromatic heterocycles. The summed E-state index contributed by atoms with van der Waals surface area (Å²) in [5.74, 6) is 0.964. The SMILES string of the molecule is CCCC[C@H](C)C[C@H](O)/C=C/[C@H]1[C@H](O)CC(=O)[C@@H]1SCCCCCC(=O)OC. The number of hydrogen-bond donors (Lipinski definition) is 2. The Labute approximate surface area is 174 Å². The molecule has 0 radical (unpaired) electrons. The van der Waals surface area contributed by atoms with Crippen LogP contribution in [0.5, 0.6) is 0 Å². The van der Waals surface area contributed by atoms with E-state index in [0.29, 0.717) is 18.8 Å². The molecule has 2 N–H and O–H groups in total. The largest absolute Gasteiger partial charge is 0.469 e. The molecule has 28 heavy (non-hydrogen) atoms. The summed E-state index contributed by atoms with van der Waals surface area (Å²) in [6, 6.07) is 0. The van der Waals surface area contributed by atoms with Crippen molar-refractivity contribution in [3.63, 3.8) is 0 Å². The van der Waals surface area contributed by atoms with Gasteiger partial charge in [0.1, 0.15) is 5.78 Å². The Kier molecular flexibility index (Phi) is 12.8. The summed E-state index contributed by atoms with van der Waals surface area (Å²) in [6.45, 7) is 4.32. The molecule has 1 aliphatic rings. The van der Waals surface area contributed by atoms with Gasteiger partial charge in [-0.25, -0.2) is 0 Å². The fraction of sp³-hybridized carbons (Fsp3) is 0.818. The lowest BCUT2D eigenvalue weighted by Gasteiger charge is -2.18. The molecule has 1 aliphatic carbocycles. The van der Waals surface area contributed by atoms with Crippen molar-refractivity contribution in [1.29, 1.82) is 0 Å². The Morgan fingerprint density at radius 2 is 2.07 bits per heavy atom. The number of ketones is 1. The zero-order valence-electron chi connectivity index (χ0n) is 17.6. The number of ether oxygens (including phenoxy) is 1. The van der Waals surface area contributed by atoms with E-state index in [-0.39, 0.29) is 29.3 Å². The first-order valence-corrected chi connectivity index (χ1v) is 11.7. The second-order valence-electron chi connectivity index (χ2n) is 7.93. The molecule has 0 aliphatic heterocycles. The lowest BCUT2D eigenvalue weighted by Crippen LogP contribution is -2.22. The van der Waals surface area contributed by atoms with Crippen LogP contribution in [-0.4, -0.2) is 52.3 Å². The van der Waals surface area contributed by atoms with E-state index in [1.165, 1.54) is 13.5 Å². The third-order valence-corrected chi connectivity index (χ3v) is 6.78. The van der Waals surface area contributed by atoms with Gasteiger partial charge in [-0.05, 0) is 30.9 Å². The van der Waals surface area contributed by atoms with Crippen LogP contribution in [-0.2, 0) is 14.3 Å². The van der Waals surface area contributed by atoms with E-state index in [2.05, 4.69) is 18.6 Å². The Morgan fingerprint density at radius 3 is 2.75 bits per heavy atom. The molecule has 162 valence electrons. The van der Waals surface area contributed by atoms with Gasteiger partial charge in [-0.3, -0.25) is 9.59 Å². The Hall–Kier alpha value is -0.850. The number of unbranched alkanes of at least 4 members (excludes halogenated alkanes) is 3. The number of carbonyl (C=O) groups excluding carboxylic acids is 2. The highest BCUT2D eigenvalue weighted by atomic mass is 32.2. The predicted octanol–water partition coefficient (Wildman–Crippen LogP) is 3.91. The highest BCUT2D eigenvalue weighted by molar-refractivity contribution is 8.00. The summed E-state index contributed by atoms with van der Waals surface area (Å²) in [7, 11) is 1.39. The van der Waals surface area contributed by atoms with Crippen LogP contribution >= 0.6 is 11.8 Å². The van der Waals surface area contributed by atoms with Crippen molar-refractivity contribution < 1.29 is 24.5 Å². The smallest absolute Gasteiger partial charge is 0.305 e. The predicted molar refractivity (Wildman–Crippen MR) is 114 cm³/mol. The standard InChI is InChI=1S/C22H38O5S/c1-4-5-9-16(2)14-17(23)11-12-18-19(24)15-20(25)22(18)28-13-8-6-7-10-21(26)27-3/h11-12,16-19,22-24H,4-10,13-15H2,1-3H3/b12-11+/t16-,17+,18-,19+,22+/m0/s1. The number of carbonyl (C=O) groups is 2. The van der Waals surface area contributed by atoms with Gasteiger partial charge in [-0.15, -0.1) is 11.8 Å². The lowest BCUT2D eigenvalue weighted by atomic mass is 9.96. The molecule has 0 amide bonds. The third kappa shape index (κ3) is 9.57. The van der Waals surface area contributed by atoms with Crippen LogP contribution in [0.3, 0.4) is 0 Å². The molecule has 0 heterocycles. The van der Waals surface area contributed by atoms with Crippen LogP contribution in [0.1, 0.15) is 71.6 Å². The van der Waals surface area contributed by atoms with Gasteiger partial charge in [0, 0.05) is 18.8 Å². The van der Waals surface area contributed by atoms with E-state index >= 15 is 0 Å². The molecule has 0 bridgehead atoms. The van der Waals surface area contributed by atoms with Gasteiger partial charge in [-0.1, -0.05) is 51.7 Å². The van der Waals surface area contributed by atoms with Crippen LogP contribution in [0.2, 0.25) is 0 Å². The number of aliphatic hydroxyl groups excluding tert-OH is 2. The average Bonchev–Trinajstić information content (AvgIpc) is 2.93. The first-order chi connectivity index (χ1) is 13.4. The van der Waals surface area contributed by atoms with Gasteiger partial charge >= 0.3 is 5.97 Å². The van der Waals surface area contributed by atoms with Crippen molar-refractivity contribution in [2.24, 2.45) is 11.8 Å². The highest BCUT2D eigenvalue weighted by Crippen LogP contribution is 2.34. The monoisotopic (exact) mass is 414 g/mol. The number of Topliss-reactive ketones (excluding diaryl/α,β-unsaturated/α-hetero) is 1. The maximum Gasteiger partial charge on any atom is 0.305 e. The summed E-state index contributed by atoms with van der Waals surface area (Å²) in [5.41, 5.74) is 0. The number of hydrogen-bond acceptors (Lipinski definition) is 6. The molecule has 0 aromatic carbocycles. The molecule has 1 saturated carbocycles. The fourth-order valence-electron chi connectivity index (χ4n) is 3.59. The summed E-state index contributed by atoms with van der Waals surface area (Å²) in [5, 5.41) is 20.3. The van der Waals surface area contributed by atoms with Crippen molar-refractivity contribution in [2.45, 2.75) is 89.1 Å². The minimum atomic E-state index is -0.662. The minimum Gasteiger partial charge on any atom is -0.469 e. The van der Waals surface area contributed by atoms with Crippen molar-refractivity contribution in [1.82, 2.24) is 0 Å². The first-order valence-electron chi connectivity index (χ1n) is 10.6. The van der Waals surface area contributed by atoms with Crippen molar-refractivity contribution >= 4 is 23.5 Å². The van der Waals surface area contributed by atoms with E-state index < -0.39 is 12.2 Å². The quantitative estimate of drug-likeness (QED) is 0.255. The Balaban J connectivity index is 2.41. The number of aliphatic hydroxyl groups is 2. The third-order valence-electron chi connectivity index (χ3n) is 5.32. The highest BCUT2D eigenvalue weighted by Gasteiger charge is 2.40. The average molecular weight is 415 g/mol. The van der Waals surface area contributed by atoms with Gasteiger partial charge in [-0.2, -0.15) is 0 Å². The second-order valence-corrected chi connectivity index (χ2v) is 9.18. The maximum atomic E-state index is 12.2.